The molecule has 0 bridgehead atoms. The highest BCUT2D eigenvalue weighted by molar-refractivity contribution is 9.10. The predicted molar refractivity (Wildman–Crippen MR) is 84.9 cm³/mol. The summed E-state index contributed by atoms with van der Waals surface area (Å²) in [5, 5.41) is 0.744. The molecule has 0 amide bonds. The Balaban J connectivity index is 2.43. The molecule has 1 nitrogen and oxygen atoms in total. The molecule has 0 N–H and O–H groups in total. The van der Waals surface area contributed by atoms with Crippen LogP contribution in [-0.2, 0) is 0 Å². The lowest BCUT2D eigenvalue weighted by Gasteiger charge is -2.15. The lowest BCUT2D eigenvalue weighted by Crippen LogP contribution is -1.96. The van der Waals surface area contributed by atoms with E-state index in [1.54, 1.807) is 19.2 Å². The molecule has 2 aromatic rings. The third-order valence-corrected chi connectivity index (χ3v) is 4.35. The fraction of sp³-hybridized carbons (Fsp3) is 0.143. The number of halogens is 4. The Morgan fingerprint density at radius 3 is 2.37 bits per heavy atom. The van der Waals surface area contributed by atoms with Crippen molar-refractivity contribution in [3.63, 3.8) is 0 Å². The quantitative estimate of drug-likeness (QED) is 0.585. The molecule has 0 saturated carbocycles. The van der Waals surface area contributed by atoms with Crippen molar-refractivity contribution in [2.75, 3.05) is 7.11 Å². The molecule has 19 heavy (non-hydrogen) atoms. The first-order valence-corrected chi connectivity index (χ1v) is 7.44. The molecule has 0 fully saturated rings. The molecule has 0 heterocycles. The second-order valence-corrected chi connectivity index (χ2v) is 6.08. The van der Waals surface area contributed by atoms with Crippen molar-refractivity contribution in [1.82, 2.24) is 0 Å². The molecule has 0 aliphatic rings. The monoisotopic (exact) mass is 378 g/mol. The maximum absolute atomic E-state index is 6.48. The average molecular weight is 380 g/mol. The van der Waals surface area contributed by atoms with Gasteiger partial charge in [0, 0.05) is 14.5 Å². The molecule has 5 heteroatoms. The van der Waals surface area contributed by atoms with E-state index in [2.05, 4.69) is 15.9 Å². The van der Waals surface area contributed by atoms with E-state index in [1.807, 2.05) is 24.3 Å². The van der Waals surface area contributed by atoms with Crippen LogP contribution in [0.4, 0.5) is 0 Å². The zero-order valence-corrected chi connectivity index (χ0v) is 13.8. The van der Waals surface area contributed by atoms with Crippen molar-refractivity contribution in [2.45, 2.75) is 5.38 Å². The van der Waals surface area contributed by atoms with Gasteiger partial charge in [-0.2, -0.15) is 0 Å². The van der Waals surface area contributed by atoms with E-state index in [4.69, 9.17) is 39.5 Å². The van der Waals surface area contributed by atoms with Crippen molar-refractivity contribution < 1.29 is 4.74 Å². The van der Waals surface area contributed by atoms with Gasteiger partial charge >= 0.3 is 0 Å². The number of benzene rings is 2. The van der Waals surface area contributed by atoms with E-state index < -0.39 is 5.38 Å². The summed E-state index contributed by atoms with van der Waals surface area (Å²) in [5.74, 6) is 0.693. The van der Waals surface area contributed by atoms with Crippen LogP contribution >= 0.6 is 50.7 Å². The first kappa shape index (κ1) is 15.0. The van der Waals surface area contributed by atoms with Crippen LogP contribution < -0.4 is 4.74 Å². The van der Waals surface area contributed by atoms with E-state index in [0.717, 1.165) is 15.6 Å². The second-order valence-electron chi connectivity index (χ2n) is 3.92. The van der Waals surface area contributed by atoms with Gasteiger partial charge in [0.15, 0.2) is 0 Å². The Hall–Kier alpha value is -0.410. The number of rotatable bonds is 3. The smallest absolute Gasteiger partial charge is 0.120 e. The van der Waals surface area contributed by atoms with Gasteiger partial charge in [-0.3, -0.25) is 0 Å². The minimum absolute atomic E-state index is 0.414. The average Bonchev–Trinajstić information content (AvgIpc) is 2.40. The SMILES string of the molecule is COc1ccc(C(Cl)c2cc(Br)ccc2Cl)c(Cl)c1. The molecule has 100 valence electrons. The van der Waals surface area contributed by atoms with Gasteiger partial charge < -0.3 is 4.74 Å². The number of ether oxygens (including phenoxy) is 1. The molecule has 0 radical (unpaired) electrons. The third-order valence-electron chi connectivity index (χ3n) is 2.71. The van der Waals surface area contributed by atoms with Gasteiger partial charge in [0.1, 0.15) is 5.75 Å². The predicted octanol–water partition coefficient (Wildman–Crippen LogP) is 6.09. The first-order valence-electron chi connectivity index (χ1n) is 5.45. The highest BCUT2D eigenvalue weighted by atomic mass is 79.9. The van der Waals surface area contributed by atoms with Crippen LogP contribution in [0.1, 0.15) is 16.5 Å². The lowest BCUT2D eigenvalue weighted by molar-refractivity contribution is 0.414. The largest absolute Gasteiger partial charge is 0.497 e. The zero-order chi connectivity index (χ0) is 14.0. The van der Waals surface area contributed by atoms with E-state index in [0.29, 0.717) is 15.8 Å². The first-order chi connectivity index (χ1) is 9.02. The van der Waals surface area contributed by atoms with E-state index >= 15 is 0 Å². The molecule has 0 aliphatic carbocycles. The molecule has 0 aromatic heterocycles. The summed E-state index contributed by atoms with van der Waals surface area (Å²) in [7, 11) is 1.59. The highest BCUT2D eigenvalue weighted by Crippen LogP contribution is 2.39. The van der Waals surface area contributed by atoms with E-state index in [1.165, 1.54) is 0 Å². The van der Waals surface area contributed by atoms with Crippen molar-refractivity contribution >= 4 is 50.7 Å². The van der Waals surface area contributed by atoms with Crippen molar-refractivity contribution in [3.8, 4) is 5.75 Å². The van der Waals surface area contributed by atoms with Gasteiger partial charge in [0.25, 0.3) is 0 Å². The fourth-order valence-electron chi connectivity index (χ4n) is 1.72. The van der Waals surface area contributed by atoms with Gasteiger partial charge in [-0.05, 0) is 41.5 Å². The summed E-state index contributed by atoms with van der Waals surface area (Å²) in [6.07, 6.45) is 0. The van der Waals surface area contributed by atoms with Crippen molar-refractivity contribution in [1.29, 1.82) is 0 Å². The summed E-state index contributed by atoms with van der Waals surface area (Å²) in [5.41, 5.74) is 1.61. The maximum atomic E-state index is 6.48. The van der Waals surface area contributed by atoms with Crippen molar-refractivity contribution in [3.05, 3.63) is 62.0 Å². The number of alkyl halides is 1. The molecule has 0 aliphatic heterocycles. The summed E-state index contributed by atoms with van der Waals surface area (Å²) in [6, 6.07) is 11.0. The minimum atomic E-state index is -0.414. The van der Waals surface area contributed by atoms with Crippen molar-refractivity contribution in [2.24, 2.45) is 0 Å². The summed E-state index contributed by atoms with van der Waals surface area (Å²) < 4.78 is 6.04. The van der Waals surface area contributed by atoms with Crippen LogP contribution in [0.25, 0.3) is 0 Å². The zero-order valence-electron chi connectivity index (χ0n) is 9.96. The Bertz CT molecular complexity index is 601. The molecule has 0 spiro atoms. The second kappa shape index (κ2) is 6.36. The Morgan fingerprint density at radius 2 is 1.74 bits per heavy atom. The summed E-state index contributed by atoms with van der Waals surface area (Å²) in [6.45, 7) is 0. The van der Waals surface area contributed by atoms with E-state index in [-0.39, 0.29) is 0 Å². The van der Waals surface area contributed by atoms with Gasteiger partial charge in [-0.15, -0.1) is 11.6 Å². The lowest BCUT2D eigenvalue weighted by atomic mass is 10.0. The maximum Gasteiger partial charge on any atom is 0.120 e. The molecule has 0 saturated heterocycles. The molecular formula is C14H10BrCl3O. The number of hydrogen-bond donors (Lipinski definition) is 0. The summed E-state index contributed by atoms with van der Waals surface area (Å²) in [4.78, 5) is 0. The Morgan fingerprint density at radius 1 is 1.00 bits per heavy atom. The molecule has 1 atom stereocenters. The number of methoxy groups -OCH3 is 1. The van der Waals surface area contributed by atoms with E-state index in [9.17, 15) is 0 Å². The van der Waals surface area contributed by atoms with Gasteiger partial charge in [-0.25, -0.2) is 0 Å². The van der Waals surface area contributed by atoms with Crippen LogP contribution in [0.5, 0.6) is 5.75 Å². The van der Waals surface area contributed by atoms with Crippen LogP contribution in [0.15, 0.2) is 40.9 Å². The Kier molecular flexibility index (Phi) is 5.02. The standard InChI is InChI=1S/C14H10BrCl3O/c1-19-9-3-4-10(13(17)7-9)14(18)11-6-8(15)2-5-12(11)16/h2-7,14H,1H3. The topological polar surface area (TPSA) is 9.23 Å². The molecule has 2 rings (SSSR count). The van der Waals surface area contributed by atoms with Gasteiger partial charge in [0.2, 0.25) is 0 Å². The van der Waals surface area contributed by atoms with Crippen LogP contribution in [0.2, 0.25) is 10.0 Å². The van der Waals surface area contributed by atoms with Crippen LogP contribution in [0, 0.1) is 0 Å². The molecule has 2 aromatic carbocycles. The normalized spacial score (nSPS) is 12.3. The van der Waals surface area contributed by atoms with Crippen LogP contribution in [0.3, 0.4) is 0 Å². The van der Waals surface area contributed by atoms with Gasteiger partial charge in [0.05, 0.1) is 12.5 Å². The fourth-order valence-corrected chi connectivity index (χ4v) is 3.08. The van der Waals surface area contributed by atoms with Gasteiger partial charge in [-0.1, -0.05) is 45.2 Å². The number of hydrogen-bond acceptors (Lipinski definition) is 1. The highest BCUT2D eigenvalue weighted by Gasteiger charge is 2.17. The summed E-state index contributed by atoms with van der Waals surface area (Å²) >= 11 is 22.3. The molecular weight excluding hydrogens is 370 g/mol. The molecule has 1 unspecified atom stereocenters. The van der Waals surface area contributed by atoms with Crippen LogP contribution in [-0.4, -0.2) is 7.11 Å². The Labute approximate surface area is 135 Å². The third kappa shape index (κ3) is 3.38. The minimum Gasteiger partial charge on any atom is -0.497 e.